The standard InChI is InChI=1S/C25H21NO5S/c1-13-5-8-15(9-6-13)32-22-21(27)20-18(31-24(22)29)12-19-25(2,3)16-11-14(30-4)7-10-17(16)26(19)23(20)28/h5-12,27H,1-4H3. The normalized spacial score (nSPS) is 13.8. The molecule has 0 spiro atoms. The Morgan fingerprint density at radius 3 is 2.47 bits per heavy atom. The van der Waals surface area contributed by atoms with Crippen molar-refractivity contribution in [1.82, 2.24) is 4.57 Å². The second-order valence-electron chi connectivity index (χ2n) is 8.40. The van der Waals surface area contributed by atoms with Crippen molar-refractivity contribution in [3.8, 4) is 17.2 Å². The van der Waals surface area contributed by atoms with Gasteiger partial charge < -0.3 is 14.3 Å². The average Bonchev–Trinajstić information content (AvgIpc) is 2.99. The van der Waals surface area contributed by atoms with Crippen molar-refractivity contribution < 1.29 is 14.3 Å². The molecular formula is C25H21NO5S. The van der Waals surface area contributed by atoms with Gasteiger partial charge in [0.25, 0.3) is 5.56 Å². The summed E-state index contributed by atoms with van der Waals surface area (Å²) >= 11 is 1.08. The Hall–Kier alpha value is -3.45. The van der Waals surface area contributed by atoms with E-state index in [0.717, 1.165) is 33.5 Å². The van der Waals surface area contributed by atoms with E-state index in [0.29, 0.717) is 11.4 Å². The number of aromatic nitrogens is 1. The molecule has 0 atom stereocenters. The Morgan fingerprint density at radius 1 is 1.06 bits per heavy atom. The highest BCUT2D eigenvalue weighted by atomic mass is 32.2. The number of ether oxygens (including phenoxy) is 1. The van der Waals surface area contributed by atoms with Crippen LogP contribution in [0.25, 0.3) is 16.7 Å². The number of pyridine rings is 1. The molecule has 1 aliphatic rings. The van der Waals surface area contributed by atoms with Gasteiger partial charge in [0.2, 0.25) is 0 Å². The predicted octanol–water partition coefficient (Wildman–Crippen LogP) is 4.76. The van der Waals surface area contributed by atoms with E-state index < -0.39 is 16.6 Å². The van der Waals surface area contributed by atoms with Crippen LogP contribution < -0.4 is 15.9 Å². The van der Waals surface area contributed by atoms with Gasteiger partial charge in [-0.25, -0.2) is 4.79 Å². The number of nitrogens with zero attached hydrogens (tertiary/aromatic N) is 1. The highest BCUT2D eigenvalue weighted by Gasteiger charge is 2.38. The van der Waals surface area contributed by atoms with Crippen LogP contribution in [0, 0.1) is 6.92 Å². The molecule has 0 radical (unpaired) electrons. The zero-order valence-corrected chi connectivity index (χ0v) is 18.9. The molecule has 0 bridgehead atoms. The van der Waals surface area contributed by atoms with E-state index in [1.165, 1.54) is 0 Å². The molecule has 0 fully saturated rings. The van der Waals surface area contributed by atoms with Crippen molar-refractivity contribution in [2.24, 2.45) is 0 Å². The van der Waals surface area contributed by atoms with E-state index in [9.17, 15) is 14.7 Å². The quantitative estimate of drug-likeness (QED) is 0.488. The van der Waals surface area contributed by atoms with E-state index in [1.54, 1.807) is 23.8 Å². The summed E-state index contributed by atoms with van der Waals surface area (Å²) in [5.74, 6) is 0.329. The first-order valence-corrected chi connectivity index (χ1v) is 10.9. The summed E-state index contributed by atoms with van der Waals surface area (Å²) in [6.07, 6.45) is 0. The van der Waals surface area contributed by atoms with Gasteiger partial charge in [0, 0.05) is 22.1 Å². The minimum Gasteiger partial charge on any atom is -0.505 e. The molecule has 7 heteroatoms. The minimum absolute atomic E-state index is 0.00813. The number of hydrogen-bond acceptors (Lipinski definition) is 6. The molecule has 0 saturated carbocycles. The lowest BCUT2D eigenvalue weighted by molar-refractivity contribution is 0.413. The van der Waals surface area contributed by atoms with Gasteiger partial charge in [-0.05, 0) is 42.8 Å². The first-order valence-electron chi connectivity index (χ1n) is 10.1. The monoisotopic (exact) mass is 447 g/mol. The molecule has 6 nitrogen and oxygen atoms in total. The molecular weight excluding hydrogens is 426 g/mol. The molecule has 3 heterocycles. The summed E-state index contributed by atoms with van der Waals surface area (Å²) in [5, 5.41) is 11.0. The van der Waals surface area contributed by atoms with Crippen molar-refractivity contribution in [1.29, 1.82) is 0 Å². The summed E-state index contributed by atoms with van der Waals surface area (Å²) < 4.78 is 12.5. The van der Waals surface area contributed by atoms with E-state index in [2.05, 4.69) is 0 Å². The minimum atomic E-state index is -0.681. The molecule has 1 aliphatic heterocycles. The van der Waals surface area contributed by atoms with Gasteiger partial charge in [-0.2, -0.15) is 0 Å². The van der Waals surface area contributed by atoms with Crippen molar-refractivity contribution in [3.05, 3.63) is 86.1 Å². The second-order valence-corrected chi connectivity index (χ2v) is 9.48. The number of benzene rings is 2. The topological polar surface area (TPSA) is 81.7 Å². The lowest BCUT2D eigenvalue weighted by atomic mass is 9.83. The largest absolute Gasteiger partial charge is 0.505 e. The number of fused-ring (bicyclic) bond motifs is 4. The van der Waals surface area contributed by atoms with E-state index >= 15 is 0 Å². The van der Waals surface area contributed by atoms with Crippen LogP contribution in [-0.4, -0.2) is 16.8 Å². The van der Waals surface area contributed by atoms with Gasteiger partial charge >= 0.3 is 5.63 Å². The number of aryl methyl sites for hydroxylation is 1. The molecule has 0 saturated heterocycles. The fraction of sp³-hybridized carbons (Fsp3) is 0.200. The van der Waals surface area contributed by atoms with Crippen LogP contribution in [0.15, 0.2) is 72.3 Å². The third-order valence-corrected chi connectivity index (χ3v) is 7.08. The SMILES string of the molecule is COc1ccc2c(c1)C(C)(C)c1cc3oc(=O)c(Sc4ccc(C)cc4)c(O)c3c(=O)n1-2. The second kappa shape index (κ2) is 7.03. The first-order chi connectivity index (χ1) is 15.2. The van der Waals surface area contributed by atoms with Crippen LogP contribution in [0.3, 0.4) is 0 Å². The van der Waals surface area contributed by atoms with Crippen LogP contribution in [0.2, 0.25) is 0 Å². The fourth-order valence-corrected chi connectivity index (χ4v) is 5.06. The maximum atomic E-state index is 13.6. The lowest BCUT2D eigenvalue weighted by Gasteiger charge is -2.20. The van der Waals surface area contributed by atoms with Gasteiger partial charge in [-0.3, -0.25) is 9.36 Å². The molecule has 0 unspecified atom stereocenters. The average molecular weight is 448 g/mol. The van der Waals surface area contributed by atoms with Crippen molar-refractivity contribution in [2.75, 3.05) is 7.11 Å². The van der Waals surface area contributed by atoms with Crippen LogP contribution in [0.4, 0.5) is 0 Å². The Kier molecular flexibility index (Phi) is 4.49. The Bertz CT molecular complexity index is 1510. The van der Waals surface area contributed by atoms with E-state index in [4.69, 9.17) is 9.15 Å². The number of aromatic hydroxyl groups is 1. The summed E-state index contributed by atoms with van der Waals surface area (Å²) in [7, 11) is 1.59. The van der Waals surface area contributed by atoms with Gasteiger partial charge in [0.15, 0.2) is 5.75 Å². The lowest BCUT2D eigenvalue weighted by Crippen LogP contribution is -2.24. The van der Waals surface area contributed by atoms with Gasteiger partial charge in [0.1, 0.15) is 21.6 Å². The molecule has 4 aromatic rings. The smallest absolute Gasteiger partial charge is 0.354 e. The molecule has 0 aliphatic carbocycles. The van der Waals surface area contributed by atoms with Gasteiger partial charge in [-0.15, -0.1) is 0 Å². The number of rotatable bonds is 3. The maximum absolute atomic E-state index is 13.6. The van der Waals surface area contributed by atoms with Crippen molar-refractivity contribution >= 4 is 22.7 Å². The molecule has 2 aromatic carbocycles. The molecule has 0 amide bonds. The summed E-state index contributed by atoms with van der Waals surface area (Å²) in [4.78, 5) is 27.1. The molecule has 5 rings (SSSR count). The zero-order valence-electron chi connectivity index (χ0n) is 18.1. The first kappa shape index (κ1) is 20.5. The zero-order chi connectivity index (χ0) is 22.8. The molecule has 2 aromatic heterocycles. The van der Waals surface area contributed by atoms with E-state index in [-0.39, 0.29) is 21.6 Å². The van der Waals surface area contributed by atoms with Crippen molar-refractivity contribution in [3.63, 3.8) is 0 Å². The molecule has 1 N–H and O–H groups in total. The summed E-state index contributed by atoms with van der Waals surface area (Å²) in [5.41, 5.74) is 1.83. The predicted molar refractivity (Wildman–Crippen MR) is 124 cm³/mol. The Labute approximate surface area is 188 Å². The highest BCUT2D eigenvalue weighted by Crippen LogP contribution is 2.44. The van der Waals surface area contributed by atoms with Gasteiger partial charge in [0.05, 0.1) is 12.8 Å². The third kappa shape index (κ3) is 2.88. The van der Waals surface area contributed by atoms with Crippen molar-refractivity contribution in [2.45, 2.75) is 36.0 Å². The van der Waals surface area contributed by atoms with E-state index in [1.807, 2.05) is 57.2 Å². The molecule has 162 valence electrons. The highest BCUT2D eigenvalue weighted by molar-refractivity contribution is 7.99. The number of hydrogen-bond donors (Lipinski definition) is 1. The van der Waals surface area contributed by atoms with Crippen LogP contribution >= 0.6 is 11.8 Å². The fourth-order valence-electron chi connectivity index (χ4n) is 4.23. The molecule has 32 heavy (non-hydrogen) atoms. The summed E-state index contributed by atoms with van der Waals surface area (Å²) in [6.45, 7) is 5.96. The van der Waals surface area contributed by atoms with Gasteiger partial charge in [-0.1, -0.05) is 43.3 Å². The van der Waals surface area contributed by atoms with Crippen LogP contribution in [0.5, 0.6) is 11.5 Å². The third-order valence-electron chi connectivity index (χ3n) is 6.01. The Balaban J connectivity index is 1.77. The van der Waals surface area contributed by atoms with Crippen LogP contribution in [-0.2, 0) is 5.41 Å². The maximum Gasteiger partial charge on any atom is 0.354 e. The Morgan fingerprint density at radius 2 is 1.78 bits per heavy atom. The number of methoxy groups -OCH3 is 1. The van der Waals surface area contributed by atoms with Crippen LogP contribution in [0.1, 0.15) is 30.7 Å². The summed E-state index contributed by atoms with van der Waals surface area (Å²) in [6, 6.07) is 14.7.